The molecule has 1 N–H and O–H groups in total. The zero-order chi connectivity index (χ0) is 24.5. The predicted molar refractivity (Wildman–Crippen MR) is 138 cm³/mol. The number of fused-ring (bicyclic) bond motifs is 2. The molecule has 6 heteroatoms. The van der Waals surface area contributed by atoms with Crippen molar-refractivity contribution in [1.29, 1.82) is 0 Å². The summed E-state index contributed by atoms with van der Waals surface area (Å²) in [4.78, 5) is 15.5. The molecule has 0 amide bonds. The molecular formula is C29H30N2O4. The lowest BCUT2D eigenvalue weighted by Gasteiger charge is -2.33. The number of hydrogen-bond acceptors (Lipinski definition) is 5. The number of aromatic nitrogens is 1. The van der Waals surface area contributed by atoms with Gasteiger partial charge in [0.15, 0.2) is 0 Å². The predicted octanol–water partition coefficient (Wildman–Crippen LogP) is 4.76. The minimum atomic E-state index is -0.0886. The van der Waals surface area contributed by atoms with Crippen LogP contribution < -0.4 is 14.4 Å². The Hall–Kier alpha value is -3.77. The van der Waals surface area contributed by atoms with E-state index in [9.17, 15) is 9.90 Å². The number of aliphatic hydroxyl groups is 1. The maximum absolute atomic E-state index is 13.4. The Labute approximate surface area is 205 Å². The zero-order valence-corrected chi connectivity index (χ0v) is 20.3. The lowest BCUT2D eigenvalue weighted by Crippen LogP contribution is -2.41. The number of aryl methyl sites for hydroxylation is 2. The number of ether oxygens (including phenoxy) is 2. The molecule has 0 spiro atoms. The molecule has 180 valence electrons. The maximum atomic E-state index is 13.4. The van der Waals surface area contributed by atoms with E-state index in [4.69, 9.17) is 9.47 Å². The third-order valence-electron chi connectivity index (χ3n) is 6.54. The van der Waals surface area contributed by atoms with E-state index in [-0.39, 0.29) is 18.6 Å². The van der Waals surface area contributed by atoms with Gasteiger partial charge in [0, 0.05) is 30.3 Å². The summed E-state index contributed by atoms with van der Waals surface area (Å²) in [5.41, 5.74) is 5.65. The van der Waals surface area contributed by atoms with Crippen LogP contribution >= 0.6 is 0 Å². The van der Waals surface area contributed by atoms with E-state index in [1.807, 2.05) is 49.4 Å². The van der Waals surface area contributed by atoms with Gasteiger partial charge in [0.25, 0.3) is 5.91 Å². The number of benzene rings is 3. The van der Waals surface area contributed by atoms with Gasteiger partial charge in [-0.15, -0.1) is 0 Å². The molecule has 3 aromatic carbocycles. The van der Waals surface area contributed by atoms with Gasteiger partial charge >= 0.3 is 0 Å². The van der Waals surface area contributed by atoms with Crippen molar-refractivity contribution in [3.8, 4) is 11.5 Å². The van der Waals surface area contributed by atoms with Crippen molar-refractivity contribution in [1.82, 2.24) is 4.57 Å². The van der Waals surface area contributed by atoms with Crippen molar-refractivity contribution < 1.29 is 19.4 Å². The highest BCUT2D eigenvalue weighted by Crippen LogP contribution is 2.33. The normalized spacial score (nSPS) is 15.1. The number of rotatable bonds is 6. The van der Waals surface area contributed by atoms with E-state index >= 15 is 0 Å². The highest BCUT2D eigenvalue weighted by molar-refractivity contribution is 6.03. The van der Waals surface area contributed by atoms with Crippen molar-refractivity contribution in [2.45, 2.75) is 26.4 Å². The molecule has 1 aliphatic rings. The molecule has 0 unspecified atom stereocenters. The summed E-state index contributed by atoms with van der Waals surface area (Å²) in [6.45, 7) is 5.24. The van der Waals surface area contributed by atoms with Crippen molar-refractivity contribution in [3.63, 3.8) is 0 Å². The van der Waals surface area contributed by atoms with Crippen molar-refractivity contribution in [2.75, 3.05) is 31.7 Å². The number of aliphatic hydroxyl groups excluding tert-OH is 1. The Bertz CT molecular complexity index is 1370. The van der Waals surface area contributed by atoms with E-state index < -0.39 is 0 Å². The van der Waals surface area contributed by atoms with Gasteiger partial charge in [0.05, 0.1) is 17.7 Å². The lowest BCUT2D eigenvalue weighted by molar-refractivity contribution is 0.0963. The maximum Gasteiger partial charge on any atom is 0.262 e. The van der Waals surface area contributed by atoms with E-state index in [1.54, 1.807) is 16.7 Å². The molecule has 0 saturated heterocycles. The van der Waals surface area contributed by atoms with E-state index in [2.05, 4.69) is 31.0 Å². The Morgan fingerprint density at radius 2 is 1.89 bits per heavy atom. The molecule has 1 aliphatic heterocycles. The molecule has 5 rings (SSSR count). The molecule has 0 saturated carbocycles. The molecule has 4 aromatic rings. The minimum Gasteiger partial charge on any atom is -0.490 e. The second kappa shape index (κ2) is 9.47. The molecule has 0 fully saturated rings. The molecule has 6 nitrogen and oxygen atoms in total. The van der Waals surface area contributed by atoms with Gasteiger partial charge in [-0.25, -0.2) is 0 Å². The number of carbonyl (C=O) groups excluding carboxylic acids is 1. The summed E-state index contributed by atoms with van der Waals surface area (Å²) in [6, 6.07) is 21.3. The molecule has 1 aromatic heterocycles. The quantitative estimate of drug-likeness (QED) is 0.440. The van der Waals surface area contributed by atoms with E-state index in [0.29, 0.717) is 24.3 Å². The van der Waals surface area contributed by atoms with E-state index in [0.717, 1.165) is 40.1 Å². The largest absolute Gasteiger partial charge is 0.490 e. The van der Waals surface area contributed by atoms with Gasteiger partial charge in [-0.2, -0.15) is 0 Å². The lowest BCUT2D eigenvalue weighted by atomic mass is 10.1. The van der Waals surface area contributed by atoms with Crippen LogP contribution in [0.2, 0.25) is 0 Å². The van der Waals surface area contributed by atoms with E-state index in [1.165, 1.54) is 5.56 Å². The first kappa shape index (κ1) is 23.0. The molecule has 1 atom stereocenters. The molecule has 0 bridgehead atoms. The van der Waals surface area contributed by atoms with Crippen molar-refractivity contribution in [3.05, 3.63) is 89.1 Å². The topological polar surface area (TPSA) is 63.9 Å². The highest BCUT2D eigenvalue weighted by atomic mass is 16.5. The number of hydrogen-bond donors (Lipinski definition) is 1. The summed E-state index contributed by atoms with van der Waals surface area (Å²) in [5.74, 6) is 1.48. The summed E-state index contributed by atoms with van der Waals surface area (Å²) in [6.07, 6.45) is 0.478. The monoisotopic (exact) mass is 470 g/mol. The van der Waals surface area contributed by atoms with Gasteiger partial charge in [0.2, 0.25) is 0 Å². The van der Waals surface area contributed by atoms with Gasteiger partial charge < -0.3 is 19.5 Å². The summed E-state index contributed by atoms with van der Waals surface area (Å²) >= 11 is 0. The molecule has 0 radical (unpaired) electrons. The number of nitrogens with zero attached hydrogens (tertiary/aromatic N) is 2. The standard InChI is InChI=1S/C29H30N2O4/c1-19-7-12-28-27(15-19)30(3)17-24(35-28)18-34-23-10-8-22(9-11-23)29(33)31-20(2)16-25-21(13-14-32)5-4-6-26(25)31/h4-12,15-16,24,32H,13-14,17-18H2,1-3H3/t24-/m0/s1. The minimum absolute atomic E-state index is 0.0765. The van der Waals surface area contributed by atoms with Crippen molar-refractivity contribution >= 4 is 22.5 Å². The molecule has 0 aliphatic carbocycles. The van der Waals surface area contributed by atoms with Crippen LogP contribution in [0, 0.1) is 13.8 Å². The van der Waals surface area contributed by atoms with Crippen LogP contribution in [0.15, 0.2) is 66.7 Å². The van der Waals surface area contributed by atoms with Crippen LogP contribution in [-0.4, -0.2) is 48.5 Å². The Kier molecular flexibility index (Phi) is 6.22. The Balaban J connectivity index is 1.28. The van der Waals surface area contributed by atoms with Gasteiger partial charge in [-0.1, -0.05) is 18.2 Å². The third kappa shape index (κ3) is 4.49. The smallest absolute Gasteiger partial charge is 0.262 e. The molecular weight excluding hydrogens is 440 g/mol. The average molecular weight is 471 g/mol. The molecule has 2 heterocycles. The number of carbonyl (C=O) groups is 1. The van der Waals surface area contributed by atoms with Crippen molar-refractivity contribution in [2.24, 2.45) is 0 Å². The summed E-state index contributed by atoms with van der Waals surface area (Å²) in [7, 11) is 2.06. The second-order valence-corrected chi connectivity index (χ2v) is 9.18. The fourth-order valence-corrected chi connectivity index (χ4v) is 4.78. The van der Waals surface area contributed by atoms with Gasteiger partial charge in [0.1, 0.15) is 24.2 Å². The third-order valence-corrected chi connectivity index (χ3v) is 6.54. The summed E-state index contributed by atoms with van der Waals surface area (Å²) < 4.78 is 13.9. The first-order chi connectivity index (χ1) is 16.9. The number of likely N-dealkylation sites (N-methyl/N-ethyl adjacent to an activating group) is 1. The first-order valence-corrected chi connectivity index (χ1v) is 11.9. The fourth-order valence-electron chi connectivity index (χ4n) is 4.78. The Morgan fingerprint density at radius 3 is 2.66 bits per heavy atom. The number of anilines is 1. The first-order valence-electron chi connectivity index (χ1n) is 11.9. The fraction of sp³-hybridized carbons (Fsp3) is 0.276. The average Bonchev–Trinajstić information content (AvgIpc) is 3.20. The highest BCUT2D eigenvalue weighted by Gasteiger charge is 2.24. The van der Waals surface area contributed by atoms with Crippen LogP contribution in [0.1, 0.15) is 27.2 Å². The van der Waals surface area contributed by atoms with Gasteiger partial charge in [-0.3, -0.25) is 9.36 Å². The zero-order valence-electron chi connectivity index (χ0n) is 20.3. The SMILES string of the molecule is Cc1ccc2c(c1)N(C)C[C@@H](COc1ccc(C(=O)n3c(C)cc4c(CCO)cccc43)cc1)O2. The van der Waals surface area contributed by atoms with Crippen LogP contribution in [0.25, 0.3) is 10.9 Å². The summed E-state index contributed by atoms with van der Waals surface area (Å²) in [5, 5.41) is 10.4. The van der Waals surface area contributed by atoms with Crippen LogP contribution in [0.4, 0.5) is 5.69 Å². The van der Waals surface area contributed by atoms with Crippen LogP contribution in [0.3, 0.4) is 0 Å². The van der Waals surface area contributed by atoms with Gasteiger partial charge in [-0.05, 0) is 79.9 Å². The van der Waals surface area contributed by atoms with Crippen LogP contribution in [-0.2, 0) is 6.42 Å². The van der Waals surface area contributed by atoms with Crippen LogP contribution in [0.5, 0.6) is 11.5 Å². The second-order valence-electron chi connectivity index (χ2n) is 9.18. The Morgan fingerprint density at radius 1 is 1.09 bits per heavy atom. The molecule has 35 heavy (non-hydrogen) atoms.